The SMILES string of the molecule is O=C(O)C1CC(O)(O)CCN1. The van der Waals surface area contributed by atoms with E-state index in [9.17, 15) is 4.79 Å². The minimum atomic E-state index is -1.81. The number of rotatable bonds is 1. The van der Waals surface area contributed by atoms with Crippen LogP contribution in [0.4, 0.5) is 0 Å². The Balaban J connectivity index is 2.53. The molecule has 0 aromatic heterocycles. The van der Waals surface area contributed by atoms with Gasteiger partial charge in [-0.05, 0) is 0 Å². The molecular formula is C6H11NO4. The van der Waals surface area contributed by atoms with Crippen molar-refractivity contribution in [1.29, 1.82) is 0 Å². The molecule has 1 aliphatic rings. The lowest BCUT2D eigenvalue weighted by atomic mass is 9.99. The molecule has 1 unspecified atom stereocenters. The summed E-state index contributed by atoms with van der Waals surface area (Å²) >= 11 is 0. The fraction of sp³-hybridized carbons (Fsp3) is 0.833. The summed E-state index contributed by atoms with van der Waals surface area (Å²) in [6.07, 6.45) is 0.0269. The zero-order valence-electron chi connectivity index (χ0n) is 5.95. The smallest absolute Gasteiger partial charge is 0.320 e. The van der Waals surface area contributed by atoms with Crippen LogP contribution in [0.1, 0.15) is 12.8 Å². The molecule has 1 aliphatic heterocycles. The van der Waals surface area contributed by atoms with Gasteiger partial charge in [0.15, 0.2) is 5.79 Å². The molecule has 0 aliphatic carbocycles. The van der Waals surface area contributed by atoms with Crippen molar-refractivity contribution in [2.24, 2.45) is 0 Å². The third kappa shape index (κ3) is 2.14. The lowest BCUT2D eigenvalue weighted by Gasteiger charge is -2.31. The molecule has 5 nitrogen and oxygen atoms in total. The minimum absolute atomic E-state index is 0.150. The first kappa shape index (κ1) is 8.45. The Morgan fingerprint density at radius 2 is 2.18 bits per heavy atom. The van der Waals surface area contributed by atoms with Crippen LogP contribution in [0.25, 0.3) is 0 Å². The zero-order valence-corrected chi connectivity index (χ0v) is 5.95. The number of aliphatic hydroxyl groups is 2. The summed E-state index contributed by atoms with van der Waals surface area (Å²) in [5.41, 5.74) is 0. The van der Waals surface area contributed by atoms with Crippen molar-refractivity contribution in [3.63, 3.8) is 0 Å². The summed E-state index contributed by atoms with van der Waals surface area (Å²) in [6, 6.07) is -0.834. The van der Waals surface area contributed by atoms with E-state index >= 15 is 0 Å². The van der Waals surface area contributed by atoms with Crippen LogP contribution < -0.4 is 5.32 Å². The van der Waals surface area contributed by atoms with Crippen LogP contribution in [-0.2, 0) is 4.79 Å². The van der Waals surface area contributed by atoms with Gasteiger partial charge >= 0.3 is 5.97 Å². The van der Waals surface area contributed by atoms with Gasteiger partial charge in [-0.25, -0.2) is 0 Å². The average molecular weight is 161 g/mol. The van der Waals surface area contributed by atoms with Crippen molar-refractivity contribution in [2.75, 3.05) is 6.54 Å². The molecule has 0 aromatic rings. The van der Waals surface area contributed by atoms with Gasteiger partial charge in [0.2, 0.25) is 0 Å². The molecule has 5 heteroatoms. The lowest BCUT2D eigenvalue weighted by molar-refractivity contribution is -0.189. The van der Waals surface area contributed by atoms with Crippen LogP contribution in [-0.4, -0.2) is 39.7 Å². The lowest BCUT2D eigenvalue weighted by Crippen LogP contribution is -2.51. The van der Waals surface area contributed by atoms with E-state index in [1.54, 1.807) is 0 Å². The molecule has 11 heavy (non-hydrogen) atoms. The highest BCUT2D eigenvalue weighted by Crippen LogP contribution is 2.17. The van der Waals surface area contributed by atoms with Crippen molar-refractivity contribution in [2.45, 2.75) is 24.7 Å². The number of carbonyl (C=O) groups is 1. The van der Waals surface area contributed by atoms with Gasteiger partial charge in [-0.3, -0.25) is 4.79 Å². The first-order chi connectivity index (χ1) is 5.01. The highest BCUT2D eigenvalue weighted by Gasteiger charge is 2.34. The van der Waals surface area contributed by atoms with Crippen molar-refractivity contribution >= 4 is 5.97 Å². The third-order valence-corrected chi connectivity index (χ3v) is 1.75. The van der Waals surface area contributed by atoms with Gasteiger partial charge in [-0.2, -0.15) is 0 Å². The Labute approximate surface area is 63.7 Å². The second-order valence-electron chi connectivity index (χ2n) is 2.78. The Morgan fingerprint density at radius 3 is 2.55 bits per heavy atom. The van der Waals surface area contributed by atoms with Gasteiger partial charge in [0.05, 0.1) is 0 Å². The monoisotopic (exact) mass is 161 g/mol. The molecule has 1 heterocycles. The molecule has 1 fully saturated rings. The van der Waals surface area contributed by atoms with E-state index in [2.05, 4.69) is 5.32 Å². The van der Waals surface area contributed by atoms with Gasteiger partial charge in [-0.15, -0.1) is 0 Å². The summed E-state index contributed by atoms with van der Waals surface area (Å²) in [6.45, 7) is 0.323. The molecule has 1 rings (SSSR count). The van der Waals surface area contributed by atoms with E-state index in [1.807, 2.05) is 0 Å². The largest absolute Gasteiger partial charge is 0.480 e. The van der Waals surface area contributed by atoms with E-state index in [1.165, 1.54) is 0 Å². The van der Waals surface area contributed by atoms with Crippen LogP contribution >= 0.6 is 0 Å². The zero-order chi connectivity index (χ0) is 8.48. The summed E-state index contributed by atoms with van der Waals surface area (Å²) < 4.78 is 0. The first-order valence-electron chi connectivity index (χ1n) is 3.42. The van der Waals surface area contributed by atoms with Crippen LogP contribution in [0.15, 0.2) is 0 Å². The van der Waals surface area contributed by atoms with Gasteiger partial charge < -0.3 is 20.6 Å². The van der Waals surface area contributed by atoms with Crippen LogP contribution in [0, 0.1) is 0 Å². The van der Waals surface area contributed by atoms with Crippen LogP contribution in [0.5, 0.6) is 0 Å². The molecule has 0 aromatic carbocycles. The Bertz CT molecular complexity index is 168. The van der Waals surface area contributed by atoms with Gasteiger partial charge in [0.1, 0.15) is 6.04 Å². The Hall–Kier alpha value is -0.650. The number of hydrogen-bond donors (Lipinski definition) is 4. The predicted octanol–water partition coefficient (Wildman–Crippen LogP) is -1.50. The van der Waals surface area contributed by atoms with Crippen molar-refractivity contribution in [1.82, 2.24) is 5.32 Å². The molecule has 4 N–H and O–H groups in total. The van der Waals surface area contributed by atoms with Crippen LogP contribution in [0.2, 0.25) is 0 Å². The van der Waals surface area contributed by atoms with E-state index in [0.717, 1.165) is 0 Å². The Kier molecular flexibility index (Phi) is 2.12. The van der Waals surface area contributed by atoms with Crippen molar-refractivity contribution < 1.29 is 20.1 Å². The third-order valence-electron chi connectivity index (χ3n) is 1.75. The standard InChI is InChI=1S/C6H11NO4/c8-5(9)4-3-6(10,11)1-2-7-4/h4,7,10-11H,1-3H2,(H,8,9). The summed E-state index contributed by atoms with van der Waals surface area (Å²) in [5, 5.41) is 29.2. The maximum Gasteiger partial charge on any atom is 0.320 e. The normalized spacial score (nSPS) is 29.8. The maximum atomic E-state index is 10.4. The predicted molar refractivity (Wildman–Crippen MR) is 35.8 cm³/mol. The van der Waals surface area contributed by atoms with Gasteiger partial charge in [0, 0.05) is 19.4 Å². The second-order valence-corrected chi connectivity index (χ2v) is 2.78. The fourth-order valence-electron chi connectivity index (χ4n) is 1.12. The number of nitrogens with one attached hydrogen (secondary N) is 1. The van der Waals surface area contributed by atoms with Crippen molar-refractivity contribution in [3.8, 4) is 0 Å². The first-order valence-corrected chi connectivity index (χ1v) is 3.42. The van der Waals surface area contributed by atoms with E-state index in [4.69, 9.17) is 15.3 Å². The van der Waals surface area contributed by atoms with E-state index in [0.29, 0.717) is 6.54 Å². The number of aliphatic carboxylic acids is 1. The molecule has 64 valence electrons. The molecule has 0 radical (unpaired) electrons. The number of piperidine rings is 1. The van der Waals surface area contributed by atoms with E-state index in [-0.39, 0.29) is 12.8 Å². The van der Waals surface area contributed by atoms with Crippen molar-refractivity contribution in [3.05, 3.63) is 0 Å². The average Bonchev–Trinajstić information content (AvgIpc) is 1.85. The fourth-order valence-corrected chi connectivity index (χ4v) is 1.12. The number of carboxylic acid groups (broad SMARTS) is 1. The molecule has 1 atom stereocenters. The number of hydrogen-bond acceptors (Lipinski definition) is 4. The molecule has 0 bridgehead atoms. The molecular weight excluding hydrogens is 150 g/mol. The maximum absolute atomic E-state index is 10.4. The van der Waals surface area contributed by atoms with E-state index < -0.39 is 17.8 Å². The summed E-state index contributed by atoms with van der Waals surface area (Å²) in [5.74, 6) is -2.86. The molecule has 0 spiro atoms. The number of carboxylic acids is 1. The molecule has 0 amide bonds. The van der Waals surface area contributed by atoms with Gasteiger partial charge in [0.25, 0.3) is 0 Å². The highest BCUT2D eigenvalue weighted by atomic mass is 16.5. The topological polar surface area (TPSA) is 89.8 Å². The Morgan fingerprint density at radius 1 is 1.55 bits per heavy atom. The highest BCUT2D eigenvalue weighted by molar-refractivity contribution is 5.73. The minimum Gasteiger partial charge on any atom is -0.480 e. The van der Waals surface area contributed by atoms with Gasteiger partial charge in [-0.1, -0.05) is 0 Å². The quantitative estimate of drug-likeness (QED) is 0.351. The summed E-state index contributed by atoms with van der Waals surface area (Å²) in [4.78, 5) is 10.4. The van der Waals surface area contributed by atoms with Crippen LogP contribution in [0.3, 0.4) is 0 Å². The summed E-state index contributed by atoms with van der Waals surface area (Å²) in [7, 11) is 0. The molecule has 0 saturated carbocycles. The molecule has 1 saturated heterocycles. The second kappa shape index (κ2) is 2.77.